The van der Waals surface area contributed by atoms with Gasteiger partial charge >= 0.3 is 0 Å². The van der Waals surface area contributed by atoms with E-state index < -0.39 is 0 Å². The molecule has 3 heteroatoms. The van der Waals surface area contributed by atoms with Crippen LogP contribution < -0.4 is 0 Å². The first-order valence-corrected chi connectivity index (χ1v) is 9.72. The highest BCUT2D eigenvalue weighted by molar-refractivity contribution is 6.01. The summed E-state index contributed by atoms with van der Waals surface area (Å²) in [6.07, 6.45) is 12.0. The summed E-state index contributed by atoms with van der Waals surface area (Å²) in [7, 11) is 0. The van der Waals surface area contributed by atoms with E-state index >= 15 is 0 Å². The molecule has 4 bridgehead atoms. The van der Waals surface area contributed by atoms with Crippen molar-refractivity contribution in [2.75, 3.05) is 6.54 Å². The third-order valence-electron chi connectivity index (χ3n) is 7.58. The molecule has 7 rings (SSSR count). The van der Waals surface area contributed by atoms with Crippen molar-refractivity contribution in [3.8, 4) is 0 Å². The molecular formula is C21H24N2O. The second-order valence-corrected chi connectivity index (χ2v) is 8.92. The Hall–Kier alpha value is -1.64. The van der Waals surface area contributed by atoms with E-state index in [1.807, 2.05) is 12.3 Å². The summed E-state index contributed by atoms with van der Waals surface area (Å²) in [6, 6.07) is 4.61. The lowest BCUT2D eigenvalue weighted by atomic mass is 9.54. The molecule has 5 aliphatic carbocycles. The van der Waals surface area contributed by atoms with Crippen LogP contribution in [-0.2, 0) is 11.2 Å². The van der Waals surface area contributed by atoms with Gasteiger partial charge in [-0.2, -0.15) is 0 Å². The van der Waals surface area contributed by atoms with Gasteiger partial charge in [0, 0.05) is 36.0 Å². The van der Waals surface area contributed by atoms with E-state index in [1.165, 1.54) is 37.8 Å². The summed E-state index contributed by atoms with van der Waals surface area (Å²) < 4.78 is 0. The molecule has 24 heavy (non-hydrogen) atoms. The highest BCUT2D eigenvalue weighted by Gasteiger charge is 2.53. The Bertz CT molecular complexity index is 724. The van der Waals surface area contributed by atoms with Gasteiger partial charge in [0.15, 0.2) is 0 Å². The van der Waals surface area contributed by atoms with Crippen molar-refractivity contribution in [1.82, 2.24) is 9.88 Å². The summed E-state index contributed by atoms with van der Waals surface area (Å²) in [6.45, 7) is 0.938. The summed E-state index contributed by atoms with van der Waals surface area (Å²) in [5, 5.41) is 0. The number of hydrogen-bond acceptors (Lipinski definition) is 2. The molecule has 1 unspecified atom stereocenters. The fourth-order valence-electron chi connectivity index (χ4n) is 6.93. The van der Waals surface area contributed by atoms with Crippen molar-refractivity contribution >= 4 is 12.0 Å². The lowest BCUT2D eigenvalue weighted by molar-refractivity contribution is -0.136. The van der Waals surface area contributed by atoms with Crippen molar-refractivity contribution < 1.29 is 4.79 Å². The van der Waals surface area contributed by atoms with Crippen LogP contribution in [0.25, 0.3) is 6.08 Å². The number of rotatable bonds is 1. The van der Waals surface area contributed by atoms with E-state index in [0.29, 0.717) is 17.9 Å². The molecule has 2 heterocycles. The minimum atomic E-state index is 0.340. The molecule has 4 saturated carbocycles. The lowest BCUT2D eigenvalue weighted by Crippen LogP contribution is -2.56. The number of fused-ring (bicyclic) bond motifs is 2. The van der Waals surface area contributed by atoms with Crippen LogP contribution in [0, 0.1) is 29.6 Å². The van der Waals surface area contributed by atoms with E-state index in [-0.39, 0.29) is 0 Å². The van der Waals surface area contributed by atoms with Crippen molar-refractivity contribution in [2.24, 2.45) is 29.6 Å². The number of carbonyl (C=O) groups excluding carboxylic acids is 1. The normalized spacial score (nSPS) is 42.1. The van der Waals surface area contributed by atoms with Gasteiger partial charge in [-0.25, -0.2) is 0 Å². The molecule has 1 amide bonds. The predicted molar refractivity (Wildman–Crippen MR) is 92.0 cm³/mol. The lowest BCUT2D eigenvalue weighted by Gasteiger charge is -2.56. The summed E-state index contributed by atoms with van der Waals surface area (Å²) in [5.74, 6) is 4.22. The molecule has 3 nitrogen and oxygen atoms in total. The maximum absolute atomic E-state index is 13.2. The SMILES string of the molecule is O=C1C2=Cc3cccnc3CC2CN1C1C2CC3CC(C2)CC1C3. The molecule has 124 valence electrons. The van der Waals surface area contributed by atoms with Crippen molar-refractivity contribution in [3.63, 3.8) is 0 Å². The molecule has 6 aliphatic rings. The Morgan fingerprint density at radius 3 is 2.54 bits per heavy atom. The Morgan fingerprint density at radius 2 is 1.79 bits per heavy atom. The quantitative estimate of drug-likeness (QED) is 0.795. The predicted octanol–water partition coefficient (Wildman–Crippen LogP) is 3.30. The van der Waals surface area contributed by atoms with Gasteiger partial charge in [0.25, 0.3) is 0 Å². The third-order valence-corrected chi connectivity index (χ3v) is 7.58. The van der Waals surface area contributed by atoms with Crippen LogP contribution in [0.15, 0.2) is 23.9 Å². The maximum Gasteiger partial charge on any atom is 0.250 e. The molecule has 0 spiro atoms. The molecule has 5 fully saturated rings. The maximum atomic E-state index is 13.2. The largest absolute Gasteiger partial charge is 0.335 e. The topological polar surface area (TPSA) is 33.2 Å². The zero-order valence-corrected chi connectivity index (χ0v) is 14.0. The Morgan fingerprint density at radius 1 is 1.04 bits per heavy atom. The van der Waals surface area contributed by atoms with E-state index in [1.54, 1.807) is 0 Å². The van der Waals surface area contributed by atoms with Crippen molar-refractivity contribution in [3.05, 3.63) is 35.2 Å². The van der Waals surface area contributed by atoms with Gasteiger partial charge in [0.05, 0.1) is 0 Å². The molecule has 0 aromatic carbocycles. The average Bonchev–Trinajstić information content (AvgIpc) is 2.88. The van der Waals surface area contributed by atoms with Crippen LogP contribution in [0.3, 0.4) is 0 Å². The summed E-state index contributed by atoms with van der Waals surface area (Å²) in [4.78, 5) is 20.1. The van der Waals surface area contributed by atoms with Crippen molar-refractivity contribution in [1.29, 1.82) is 0 Å². The average molecular weight is 320 g/mol. The fraction of sp³-hybridized carbons (Fsp3) is 0.619. The zero-order chi connectivity index (χ0) is 15.8. The van der Waals surface area contributed by atoms with Gasteiger partial charge in [-0.3, -0.25) is 9.78 Å². The minimum absolute atomic E-state index is 0.340. The van der Waals surface area contributed by atoms with Crippen LogP contribution >= 0.6 is 0 Å². The van der Waals surface area contributed by atoms with Gasteiger partial charge < -0.3 is 4.90 Å². The molecule has 1 aromatic rings. The summed E-state index contributed by atoms with van der Waals surface area (Å²) >= 11 is 0. The van der Waals surface area contributed by atoms with Gasteiger partial charge in [-0.15, -0.1) is 0 Å². The van der Waals surface area contributed by atoms with Gasteiger partial charge in [-0.1, -0.05) is 6.07 Å². The number of hydrogen-bond donors (Lipinski definition) is 0. The highest BCUT2D eigenvalue weighted by Crippen LogP contribution is 2.56. The second kappa shape index (κ2) is 4.71. The smallest absolute Gasteiger partial charge is 0.250 e. The number of amides is 1. The standard InChI is InChI=1S/C21H24N2O/c24-21-18-9-14-2-1-3-22-19(14)10-17(18)11-23(21)20-15-5-12-4-13(7-15)8-16(20)6-12/h1-3,9,12-13,15-17,20H,4-8,10-11H2. The Balaban J connectivity index is 1.33. The first-order valence-electron chi connectivity index (χ1n) is 9.72. The monoisotopic (exact) mass is 320 g/mol. The number of pyridine rings is 1. The third kappa shape index (κ3) is 1.79. The number of aromatic nitrogens is 1. The van der Waals surface area contributed by atoms with Crippen LogP contribution in [0.5, 0.6) is 0 Å². The summed E-state index contributed by atoms with van der Waals surface area (Å²) in [5.41, 5.74) is 3.39. The van der Waals surface area contributed by atoms with Crippen molar-refractivity contribution in [2.45, 2.75) is 44.6 Å². The van der Waals surface area contributed by atoms with E-state index in [0.717, 1.165) is 47.8 Å². The molecule has 1 aromatic heterocycles. The van der Waals surface area contributed by atoms with E-state index in [4.69, 9.17) is 0 Å². The minimum Gasteiger partial charge on any atom is -0.335 e. The Kier molecular flexibility index (Phi) is 2.67. The second-order valence-electron chi connectivity index (χ2n) is 8.92. The molecule has 0 radical (unpaired) electrons. The number of likely N-dealkylation sites (tertiary alicyclic amines) is 1. The van der Waals surface area contributed by atoms with Gasteiger partial charge in [0.2, 0.25) is 5.91 Å². The molecule has 1 saturated heterocycles. The number of carbonyl (C=O) groups is 1. The molecular weight excluding hydrogens is 296 g/mol. The van der Waals surface area contributed by atoms with Gasteiger partial charge in [-0.05, 0) is 79.9 Å². The zero-order valence-electron chi connectivity index (χ0n) is 14.0. The Labute approximate surface area is 143 Å². The first-order chi connectivity index (χ1) is 11.8. The fourth-order valence-corrected chi connectivity index (χ4v) is 6.93. The van der Waals surface area contributed by atoms with E-state index in [2.05, 4.69) is 22.0 Å². The molecule has 1 aliphatic heterocycles. The molecule has 1 atom stereocenters. The van der Waals surface area contributed by atoms with Crippen LogP contribution in [0.1, 0.15) is 43.4 Å². The highest BCUT2D eigenvalue weighted by atomic mass is 16.2. The van der Waals surface area contributed by atoms with Crippen LogP contribution in [-0.4, -0.2) is 28.4 Å². The van der Waals surface area contributed by atoms with Crippen LogP contribution in [0.2, 0.25) is 0 Å². The first kappa shape index (κ1) is 13.6. The van der Waals surface area contributed by atoms with Gasteiger partial charge in [0.1, 0.15) is 0 Å². The number of nitrogens with zero attached hydrogens (tertiary/aromatic N) is 2. The van der Waals surface area contributed by atoms with Crippen LogP contribution in [0.4, 0.5) is 0 Å². The molecule has 0 N–H and O–H groups in total. The van der Waals surface area contributed by atoms with E-state index in [9.17, 15) is 4.79 Å².